The summed E-state index contributed by atoms with van der Waals surface area (Å²) in [6, 6.07) is 5.96. The highest BCUT2D eigenvalue weighted by Crippen LogP contribution is 2.34. The maximum atomic E-state index is 14.5. The van der Waals surface area contributed by atoms with Crippen molar-refractivity contribution < 1.29 is 19.1 Å². The van der Waals surface area contributed by atoms with E-state index in [0.717, 1.165) is 24.0 Å². The van der Waals surface area contributed by atoms with Gasteiger partial charge in [-0.05, 0) is 78.4 Å². The Morgan fingerprint density at radius 2 is 1.57 bits per heavy atom. The van der Waals surface area contributed by atoms with E-state index in [1.54, 1.807) is 25.7 Å². The van der Waals surface area contributed by atoms with E-state index in [2.05, 4.69) is 17.6 Å². The predicted octanol–water partition coefficient (Wildman–Crippen LogP) is 6.30. The standard InChI is InChI=1S/C30H51N3O4/c1-12-17-22(6)31-26(34)25(23-19-16-15-18-21(23)5)33(30(10,11)14-3)27(35)24(20(4)13-2)32-28(36)37-29(7,8)9/h15-16,18-20,22,24-25H,12-14,17H2,1-11H3,(H,31,34)(H,32,36). The second-order valence-corrected chi connectivity index (χ2v) is 11.8. The van der Waals surface area contributed by atoms with Crippen LogP contribution in [0.3, 0.4) is 0 Å². The quantitative estimate of drug-likeness (QED) is 0.341. The first kappa shape index (κ1) is 32.5. The van der Waals surface area contributed by atoms with Crippen molar-refractivity contribution in [1.82, 2.24) is 15.5 Å². The van der Waals surface area contributed by atoms with Gasteiger partial charge in [0.1, 0.15) is 17.7 Å². The van der Waals surface area contributed by atoms with Crippen molar-refractivity contribution >= 4 is 17.9 Å². The first-order valence-electron chi connectivity index (χ1n) is 13.8. The Morgan fingerprint density at radius 3 is 2.05 bits per heavy atom. The van der Waals surface area contributed by atoms with E-state index in [1.165, 1.54) is 0 Å². The third kappa shape index (κ3) is 9.35. The molecule has 210 valence electrons. The Morgan fingerprint density at radius 1 is 0.973 bits per heavy atom. The molecule has 0 heterocycles. The monoisotopic (exact) mass is 517 g/mol. The van der Waals surface area contributed by atoms with Crippen LogP contribution in [-0.4, -0.2) is 46.0 Å². The Hall–Kier alpha value is -2.57. The van der Waals surface area contributed by atoms with E-state index in [0.29, 0.717) is 12.8 Å². The number of hydrogen-bond acceptors (Lipinski definition) is 4. The Balaban J connectivity index is 3.69. The van der Waals surface area contributed by atoms with Crippen LogP contribution in [0.2, 0.25) is 0 Å². The van der Waals surface area contributed by atoms with Crippen LogP contribution in [0.15, 0.2) is 24.3 Å². The first-order chi connectivity index (χ1) is 17.1. The van der Waals surface area contributed by atoms with Gasteiger partial charge in [-0.2, -0.15) is 0 Å². The van der Waals surface area contributed by atoms with Crippen molar-refractivity contribution in [3.8, 4) is 0 Å². The number of benzene rings is 1. The van der Waals surface area contributed by atoms with E-state index < -0.39 is 29.3 Å². The van der Waals surface area contributed by atoms with Gasteiger partial charge in [0.2, 0.25) is 11.8 Å². The maximum absolute atomic E-state index is 14.5. The van der Waals surface area contributed by atoms with Gasteiger partial charge in [0.15, 0.2) is 0 Å². The summed E-state index contributed by atoms with van der Waals surface area (Å²) >= 11 is 0. The van der Waals surface area contributed by atoms with Gasteiger partial charge in [0.05, 0.1) is 0 Å². The number of nitrogens with zero attached hydrogens (tertiary/aromatic N) is 1. The Labute approximate surface area is 225 Å². The smallest absolute Gasteiger partial charge is 0.408 e. The van der Waals surface area contributed by atoms with E-state index >= 15 is 0 Å². The molecule has 1 rings (SSSR count). The van der Waals surface area contributed by atoms with Crippen molar-refractivity contribution in [3.05, 3.63) is 35.4 Å². The molecule has 0 spiro atoms. The fourth-order valence-electron chi connectivity index (χ4n) is 4.33. The van der Waals surface area contributed by atoms with Gasteiger partial charge < -0.3 is 20.3 Å². The van der Waals surface area contributed by atoms with Gasteiger partial charge in [-0.15, -0.1) is 0 Å². The number of carbonyl (C=O) groups excluding carboxylic acids is 3. The molecule has 2 N–H and O–H groups in total. The van der Waals surface area contributed by atoms with Gasteiger partial charge in [0, 0.05) is 11.6 Å². The van der Waals surface area contributed by atoms with Crippen molar-refractivity contribution in [2.45, 2.75) is 131 Å². The lowest BCUT2D eigenvalue weighted by Gasteiger charge is -2.45. The molecule has 0 aliphatic rings. The molecule has 3 amide bonds. The highest BCUT2D eigenvalue weighted by Gasteiger charge is 2.44. The molecule has 4 unspecified atom stereocenters. The zero-order valence-corrected chi connectivity index (χ0v) is 25.0. The van der Waals surface area contributed by atoms with Gasteiger partial charge in [-0.3, -0.25) is 9.59 Å². The van der Waals surface area contributed by atoms with Crippen molar-refractivity contribution in [3.63, 3.8) is 0 Å². The Bertz CT molecular complexity index is 906. The van der Waals surface area contributed by atoms with Crippen LogP contribution in [0.25, 0.3) is 0 Å². The number of alkyl carbamates (subject to hydrolysis) is 1. The molecule has 0 aliphatic heterocycles. The largest absolute Gasteiger partial charge is 0.444 e. The van der Waals surface area contributed by atoms with Crippen LogP contribution in [0.5, 0.6) is 0 Å². The molecule has 1 aromatic carbocycles. The lowest BCUT2D eigenvalue weighted by Crippen LogP contribution is -2.61. The molecule has 7 heteroatoms. The van der Waals surface area contributed by atoms with Gasteiger partial charge in [-0.25, -0.2) is 4.79 Å². The van der Waals surface area contributed by atoms with E-state index in [1.807, 2.05) is 72.7 Å². The van der Waals surface area contributed by atoms with Crippen LogP contribution in [0.4, 0.5) is 4.79 Å². The van der Waals surface area contributed by atoms with Crippen molar-refractivity contribution in [2.75, 3.05) is 0 Å². The molecular formula is C30H51N3O4. The topological polar surface area (TPSA) is 87.7 Å². The van der Waals surface area contributed by atoms with Gasteiger partial charge in [-0.1, -0.05) is 64.8 Å². The molecule has 0 saturated heterocycles. The van der Waals surface area contributed by atoms with E-state index in [4.69, 9.17) is 4.74 Å². The summed E-state index contributed by atoms with van der Waals surface area (Å²) in [6.45, 7) is 21.2. The fraction of sp³-hybridized carbons (Fsp3) is 0.700. The lowest BCUT2D eigenvalue weighted by molar-refractivity contribution is -0.150. The summed E-state index contributed by atoms with van der Waals surface area (Å²) in [5, 5.41) is 5.98. The number of ether oxygens (including phenoxy) is 1. The summed E-state index contributed by atoms with van der Waals surface area (Å²) in [5.74, 6) is -0.682. The molecule has 0 bridgehead atoms. The molecule has 7 nitrogen and oxygen atoms in total. The average Bonchev–Trinajstić information content (AvgIpc) is 2.79. The highest BCUT2D eigenvalue weighted by molar-refractivity contribution is 5.93. The van der Waals surface area contributed by atoms with Crippen molar-refractivity contribution in [1.29, 1.82) is 0 Å². The van der Waals surface area contributed by atoms with Crippen LogP contribution in [0.1, 0.15) is 112 Å². The molecule has 0 aromatic heterocycles. The summed E-state index contributed by atoms with van der Waals surface area (Å²) in [6.07, 6.45) is 2.43. The molecule has 0 saturated carbocycles. The molecule has 4 atom stereocenters. The summed E-state index contributed by atoms with van der Waals surface area (Å²) < 4.78 is 5.50. The average molecular weight is 518 g/mol. The molecule has 0 fully saturated rings. The van der Waals surface area contributed by atoms with Crippen LogP contribution in [0, 0.1) is 12.8 Å². The summed E-state index contributed by atoms with van der Waals surface area (Å²) in [7, 11) is 0. The molecule has 0 aliphatic carbocycles. The minimum Gasteiger partial charge on any atom is -0.444 e. The zero-order valence-electron chi connectivity index (χ0n) is 25.0. The number of rotatable bonds is 12. The van der Waals surface area contributed by atoms with Crippen LogP contribution < -0.4 is 10.6 Å². The minimum atomic E-state index is -0.852. The number of nitrogens with one attached hydrogen (secondary N) is 2. The third-order valence-corrected chi connectivity index (χ3v) is 7.01. The van der Waals surface area contributed by atoms with Crippen LogP contribution in [-0.2, 0) is 14.3 Å². The number of amides is 3. The number of carbonyl (C=O) groups is 3. The van der Waals surface area contributed by atoms with E-state index in [9.17, 15) is 14.4 Å². The first-order valence-corrected chi connectivity index (χ1v) is 13.8. The van der Waals surface area contributed by atoms with Gasteiger partial charge >= 0.3 is 6.09 Å². The highest BCUT2D eigenvalue weighted by atomic mass is 16.6. The van der Waals surface area contributed by atoms with Crippen molar-refractivity contribution in [2.24, 2.45) is 5.92 Å². The molecular weight excluding hydrogens is 466 g/mol. The van der Waals surface area contributed by atoms with Crippen LogP contribution >= 0.6 is 0 Å². The zero-order chi connectivity index (χ0) is 28.6. The SMILES string of the molecule is CCCC(C)NC(=O)C(c1ccccc1C)N(C(=O)C(NC(=O)OC(C)(C)C)C(C)CC)C(C)(C)CC. The molecule has 37 heavy (non-hydrogen) atoms. The Kier molecular flexibility index (Phi) is 12.1. The van der Waals surface area contributed by atoms with Gasteiger partial charge in [0.25, 0.3) is 0 Å². The summed E-state index contributed by atoms with van der Waals surface area (Å²) in [4.78, 5) is 42.9. The number of aryl methyl sites for hydroxylation is 1. The maximum Gasteiger partial charge on any atom is 0.408 e. The second-order valence-electron chi connectivity index (χ2n) is 11.8. The number of hydrogen-bond donors (Lipinski definition) is 2. The lowest BCUT2D eigenvalue weighted by atomic mass is 9.88. The summed E-state index contributed by atoms with van der Waals surface area (Å²) in [5.41, 5.74) is 0.333. The third-order valence-electron chi connectivity index (χ3n) is 7.01. The molecule has 0 radical (unpaired) electrons. The fourth-order valence-corrected chi connectivity index (χ4v) is 4.33. The molecule has 1 aromatic rings. The normalized spacial score (nSPS) is 15.2. The second kappa shape index (κ2) is 13.8. The van der Waals surface area contributed by atoms with E-state index in [-0.39, 0.29) is 23.8 Å². The predicted molar refractivity (Wildman–Crippen MR) is 150 cm³/mol. The minimum absolute atomic E-state index is 0.0315.